The normalized spacial score (nSPS) is 18.1. The number of benzene rings is 1. The van der Waals surface area contributed by atoms with Crippen molar-refractivity contribution in [2.75, 3.05) is 7.11 Å². The average molecular weight is 262 g/mol. The predicted octanol–water partition coefficient (Wildman–Crippen LogP) is 2.03. The molecule has 0 heterocycles. The Balaban J connectivity index is 0.00000144. The quantitative estimate of drug-likeness (QED) is 0.872. The first-order valence-corrected chi connectivity index (χ1v) is 5.40. The fraction of sp³-hybridized carbons (Fsp3) is 0.500. The predicted molar refractivity (Wildman–Crippen MR) is 65.9 cm³/mol. The van der Waals surface area contributed by atoms with Crippen molar-refractivity contribution >= 4 is 12.4 Å². The summed E-state index contributed by atoms with van der Waals surface area (Å²) in [7, 11) is 1.48. The molecule has 5 heteroatoms. The number of nitrogens with two attached hydrogens (primary N) is 1. The number of methoxy groups -OCH3 is 1. The van der Waals surface area contributed by atoms with E-state index in [0.717, 1.165) is 12.8 Å². The third-order valence-corrected chi connectivity index (χ3v) is 3.04. The molecule has 17 heavy (non-hydrogen) atoms. The maximum absolute atomic E-state index is 13.7. The lowest BCUT2D eigenvalue weighted by Gasteiger charge is -2.19. The molecule has 1 aromatic rings. The highest BCUT2D eigenvalue weighted by molar-refractivity contribution is 5.85. The van der Waals surface area contributed by atoms with Crippen LogP contribution in [0.3, 0.4) is 0 Å². The van der Waals surface area contributed by atoms with Gasteiger partial charge in [0, 0.05) is 11.6 Å². The Hall–Kier alpha value is -0.840. The first kappa shape index (κ1) is 14.2. The van der Waals surface area contributed by atoms with E-state index in [-0.39, 0.29) is 18.3 Å². The van der Waals surface area contributed by atoms with Crippen molar-refractivity contribution in [1.29, 1.82) is 0 Å². The number of aliphatic hydroxyl groups is 1. The second-order valence-corrected chi connectivity index (χ2v) is 4.24. The molecule has 3 nitrogen and oxygen atoms in total. The van der Waals surface area contributed by atoms with E-state index >= 15 is 0 Å². The highest BCUT2D eigenvalue weighted by atomic mass is 35.5. The Labute approximate surface area is 106 Å². The minimum absolute atomic E-state index is 0. The molecule has 0 radical (unpaired) electrons. The Morgan fingerprint density at radius 3 is 2.59 bits per heavy atom. The summed E-state index contributed by atoms with van der Waals surface area (Å²) in [5.74, 6) is 0.261. The third kappa shape index (κ3) is 3.09. The van der Waals surface area contributed by atoms with Crippen molar-refractivity contribution < 1.29 is 14.2 Å². The number of rotatable bonds is 4. The molecule has 1 aliphatic rings. The van der Waals surface area contributed by atoms with Gasteiger partial charge in [0.15, 0.2) is 0 Å². The molecule has 0 amide bonds. The van der Waals surface area contributed by atoms with Gasteiger partial charge < -0.3 is 15.6 Å². The van der Waals surface area contributed by atoms with Crippen LogP contribution in [-0.4, -0.2) is 18.3 Å². The monoisotopic (exact) mass is 261 g/mol. The fourth-order valence-corrected chi connectivity index (χ4v) is 1.82. The van der Waals surface area contributed by atoms with Crippen LogP contribution in [0, 0.1) is 11.7 Å². The summed E-state index contributed by atoms with van der Waals surface area (Å²) >= 11 is 0. The van der Waals surface area contributed by atoms with E-state index in [9.17, 15) is 9.50 Å². The van der Waals surface area contributed by atoms with E-state index in [2.05, 4.69) is 0 Å². The van der Waals surface area contributed by atoms with Crippen LogP contribution in [0.4, 0.5) is 4.39 Å². The van der Waals surface area contributed by atoms with Crippen molar-refractivity contribution in [3.63, 3.8) is 0 Å². The molecule has 2 rings (SSSR count). The van der Waals surface area contributed by atoms with Crippen molar-refractivity contribution in [3.8, 4) is 5.75 Å². The van der Waals surface area contributed by atoms with Gasteiger partial charge in [0.25, 0.3) is 0 Å². The van der Waals surface area contributed by atoms with Crippen LogP contribution < -0.4 is 10.5 Å². The molecule has 96 valence electrons. The number of aliphatic hydroxyl groups excluding tert-OH is 1. The van der Waals surface area contributed by atoms with Crippen LogP contribution in [-0.2, 0) is 0 Å². The fourth-order valence-electron chi connectivity index (χ4n) is 1.82. The van der Waals surface area contributed by atoms with Crippen molar-refractivity contribution in [2.45, 2.75) is 25.0 Å². The van der Waals surface area contributed by atoms with Crippen molar-refractivity contribution in [3.05, 3.63) is 29.6 Å². The first-order valence-electron chi connectivity index (χ1n) is 5.40. The van der Waals surface area contributed by atoms with Crippen LogP contribution in [0.1, 0.15) is 24.4 Å². The van der Waals surface area contributed by atoms with Gasteiger partial charge in [-0.3, -0.25) is 0 Å². The molecular weight excluding hydrogens is 245 g/mol. The summed E-state index contributed by atoms with van der Waals surface area (Å²) in [6.07, 6.45) is 1.31. The summed E-state index contributed by atoms with van der Waals surface area (Å²) in [6.45, 7) is 0. The largest absolute Gasteiger partial charge is 0.497 e. The summed E-state index contributed by atoms with van der Waals surface area (Å²) in [6, 6.07) is 3.86. The Bertz CT molecular complexity index is 385. The number of halogens is 2. The van der Waals surface area contributed by atoms with Gasteiger partial charge in [-0.25, -0.2) is 4.39 Å². The smallest absolute Gasteiger partial charge is 0.131 e. The molecule has 1 aromatic carbocycles. The van der Waals surface area contributed by atoms with Crippen LogP contribution in [0.25, 0.3) is 0 Å². The minimum atomic E-state index is -0.654. The van der Waals surface area contributed by atoms with Crippen molar-refractivity contribution in [2.24, 2.45) is 11.7 Å². The van der Waals surface area contributed by atoms with E-state index in [1.54, 1.807) is 12.1 Å². The summed E-state index contributed by atoms with van der Waals surface area (Å²) in [5.41, 5.74) is 6.19. The average Bonchev–Trinajstić information content (AvgIpc) is 3.10. The second-order valence-electron chi connectivity index (χ2n) is 4.24. The van der Waals surface area contributed by atoms with Crippen LogP contribution in [0.15, 0.2) is 18.2 Å². The molecule has 3 N–H and O–H groups in total. The van der Waals surface area contributed by atoms with Crippen LogP contribution in [0.2, 0.25) is 0 Å². The first-order chi connectivity index (χ1) is 7.63. The lowest BCUT2D eigenvalue weighted by atomic mass is 9.98. The van der Waals surface area contributed by atoms with Crippen molar-refractivity contribution in [1.82, 2.24) is 0 Å². The van der Waals surface area contributed by atoms with Gasteiger partial charge in [0.1, 0.15) is 11.6 Å². The van der Waals surface area contributed by atoms with Gasteiger partial charge >= 0.3 is 0 Å². The third-order valence-electron chi connectivity index (χ3n) is 3.04. The summed E-state index contributed by atoms with van der Waals surface area (Å²) < 4.78 is 18.6. The summed E-state index contributed by atoms with van der Waals surface area (Å²) in [4.78, 5) is 0. The highest BCUT2D eigenvalue weighted by Gasteiger charge is 2.35. The molecule has 0 aliphatic heterocycles. The molecule has 1 saturated carbocycles. The maximum atomic E-state index is 13.7. The molecule has 2 atom stereocenters. The van der Waals surface area contributed by atoms with Gasteiger partial charge in [0.05, 0.1) is 19.3 Å². The standard InChI is InChI=1S/C12H16FNO2.ClH/c1-16-8-4-5-9(10(13)6-8)11(14)12(15)7-2-3-7;/h4-7,11-12,15H,2-3,14H2,1H3;1H/t11-,12+;/m0./s1. The Kier molecular flexibility index (Phi) is 4.74. The zero-order valence-corrected chi connectivity index (χ0v) is 10.4. The maximum Gasteiger partial charge on any atom is 0.131 e. The molecule has 0 bridgehead atoms. The molecule has 0 aromatic heterocycles. The van der Waals surface area contributed by atoms with E-state index < -0.39 is 18.0 Å². The zero-order valence-electron chi connectivity index (χ0n) is 9.60. The van der Waals surface area contributed by atoms with Gasteiger partial charge in [-0.05, 0) is 24.8 Å². The molecule has 0 spiro atoms. The summed E-state index contributed by atoms with van der Waals surface area (Å²) in [5, 5.41) is 9.84. The van der Waals surface area contributed by atoms with Gasteiger partial charge in [-0.1, -0.05) is 6.07 Å². The zero-order chi connectivity index (χ0) is 11.7. The lowest BCUT2D eigenvalue weighted by Crippen LogP contribution is -2.28. The topological polar surface area (TPSA) is 55.5 Å². The molecule has 0 unspecified atom stereocenters. The molecular formula is C12H17ClFNO2. The van der Waals surface area contributed by atoms with E-state index in [1.807, 2.05) is 0 Å². The highest BCUT2D eigenvalue weighted by Crippen LogP contribution is 2.37. The SMILES string of the molecule is COc1ccc([C@H](N)[C@H](O)C2CC2)c(F)c1.Cl. The lowest BCUT2D eigenvalue weighted by molar-refractivity contribution is 0.121. The Morgan fingerprint density at radius 1 is 1.47 bits per heavy atom. The second kappa shape index (κ2) is 5.67. The van der Waals surface area contributed by atoms with Gasteiger partial charge in [-0.15, -0.1) is 12.4 Å². The van der Waals surface area contributed by atoms with E-state index in [1.165, 1.54) is 13.2 Å². The van der Waals surface area contributed by atoms with E-state index in [4.69, 9.17) is 10.5 Å². The number of hydrogen-bond donors (Lipinski definition) is 2. The van der Waals surface area contributed by atoms with Crippen LogP contribution >= 0.6 is 12.4 Å². The van der Waals surface area contributed by atoms with Gasteiger partial charge in [-0.2, -0.15) is 0 Å². The number of hydrogen-bond acceptors (Lipinski definition) is 3. The number of ether oxygens (including phenoxy) is 1. The molecule has 1 aliphatic carbocycles. The van der Waals surface area contributed by atoms with E-state index in [0.29, 0.717) is 11.3 Å². The molecule has 1 fully saturated rings. The van der Waals surface area contributed by atoms with Crippen LogP contribution in [0.5, 0.6) is 5.75 Å². The molecule has 0 saturated heterocycles. The minimum Gasteiger partial charge on any atom is -0.497 e. The Morgan fingerprint density at radius 2 is 2.12 bits per heavy atom. The van der Waals surface area contributed by atoms with Gasteiger partial charge in [0.2, 0.25) is 0 Å².